The van der Waals surface area contributed by atoms with Gasteiger partial charge in [-0.1, -0.05) is 30.4 Å². The zero-order valence-corrected chi connectivity index (χ0v) is 11.4. The standard InChI is InChI=1S/C13H19N3OS/c1-15-13(17)8-10-16(9-7-12(14)18)11-5-3-2-4-6-11/h2-6H,7-10H2,1H3,(H2,14,18)(H,15,17). The van der Waals surface area contributed by atoms with Gasteiger partial charge in [0, 0.05) is 38.7 Å². The molecule has 0 saturated carbocycles. The van der Waals surface area contributed by atoms with Crippen LogP contribution in [0.25, 0.3) is 0 Å². The summed E-state index contributed by atoms with van der Waals surface area (Å²) < 4.78 is 0. The van der Waals surface area contributed by atoms with Gasteiger partial charge in [-0.2, -0.15) is 0 Å². The lowest BCUT2D eigenvalue weighted by Gasteiger charge is -2.24. The number of anilines is 1. The van der Waals surface area contributed by atoms with Gasteiger partial charge >= 0.3 is 0 Å². The molecule has 98 valence electrons. The highest BCUT2D eigenvalue weighted by molar-refractivity contribution is 7.80. The summed E-state index contributed by atoms with van der Waals surface area (Å²) in [6, 6.07) is 9.95. The van der Waals surface area contributed by atoms with Gasteiger partial charge in [-0.05, 0) is 12.1 Å². The number of nitrogens with one attached hydrogen (secondary N) is 1. The Labute approximate surface area is 113 Å². The van der Waals surface area contributed by atoms with Crippen molar-refractivity contribution in [1.82, 2.24) is 5.32 Å². The van der Waals surface area contributed by atoms with E-state index in [2.05, 4.69) is 10.2 Å². The first-order valence-corrected chi connectivity index (χ1v) is 6.33. The molecule has 0 aliphatic heterocycles. The molecule has 3 N–H and O–H groups in total. The molecule has 0 heterocycles. The van der Waals surface area contributed by atoms with Crippen LogP contribution in [0.3, 0.4) is 0 Å². The van der Waals surface area contributed by atoms with Crippen molar-refractivity contribution in [3.8, 4) is 0 Å². The molecule has 0 spiro atoms. The maximum absolute atomic E-state index is 11.3. The van der Waals surface area contributed by atoms with E-state index in [4.69, 9.17) is 18.0 Å². The number of hydrogen-bond acceptors (Lipinski definition) is 3. The normalized spacial score (nSPS) is 9.83. The van der Waals surface area contributed by atoms with Gasteiger partial charge in [0.05, 0.1) is 4.99 Å². The summed E-state index contributed by atoms with van der Waals surface area (Å²) >= 11 is 4.89. The Morgan fingerprint density at radius 1 is 1.28 bits per heavy atom. The first kappa shape index (κ1) is 14.4. The molecule has 18 heavy (non-hydrogen) atoms. The Kier molecular flexibility index (Phi) is 6.14. The Bertz CT molecular complexity index is 394. The number of rotatable bonds is 7. The first-order chi connectivity index (χ1) is 8.63. The molecule has 5 heteroatoms. The molecule has 0 aliphatic rings. The molecule has 4 nitrogen and oxygen atoms in total. The summed E-state index contributed by atoms with van der Waals surface area (Å²) in [5.74, 6) is 0.0336. The minimum Gasteiger partial charge on any atom is -0.393 e. The summed E-state index contributed by atoms with van der Waals surface area (Å²) in [4.78, 5) is 13.9. The molecule has 0 saturated heterocycles. The van der Waals surface area contributed by atoms with Crippen LogP contribution in [-0.2, 0) is 4.79 Å². The van der Waals surface area contributed by atoms with E-state index in [0.717, 1.165) is 12.2 Å². The first-order valence-electron chi connectivity index (χ1n) is 5.92. The van der Waals surface area contributed by atoms with Crippen molar-refractivity contribution in [2.24, 2.45) is 5.73 Å². The van der Waals surface area contributed by atoms with Gasteiger partial charge in [0.15, 0.2) is 0 Å². The zero-order chi connectivity index (χ0) is 13.4. The monoisotopic (exact) mass is 265 g/mol. The fraction of sp³-hybridized carbons (Fsp3) is 0.385. The maximum atomic E-state index is 11.3. The number of thiocarbonyl (C=S) groups is 1. The molecule has 1 amide bonds. The van der Waals surface area contributed by atoms with Crippen LogP contribution in [0.1, 0.15) is 12.8 Å². The minimum atomic E-state index is 0.0336. The van der Waals surface area contributed by atoms with E-state index >= 15 is 0 Å². The highest BCUT2D eigenvalue weighted by Gasteiger charge is 2.08. The lowest BCUT2D eigenvalue weighted by molar-refractivity contribution is -0.120. The highest BCUT2D eigenvalue weighted by Crippen LogP contribution is 2.13. The highest BCUT2D eigenvalue weighted by atomic mass is 32.1. The third kappa shape index (κ3) is 5.14. The predicted molar refractivity (Wildman–Crippen MR) is 78.7 cm³/mol. The van der Waals surface area contributed by atoms with E-state index in [1.54, 1.807) is 7.05 Å². The Morgan fingerprint density at radius 3 is 2.44 bits per heavy atom. The largest absolute Gasteiger partial charge is 0.393 e. The Hall–Kier alpha value is -1.62. The average molecular weight is 265 g/mol. The second kappa shape index (κ2) is 7.66. The molecule has 0 aliphatic carbocycles. The van der Waals surface area contributed by atoms with Crippen LogP contribution in [-0.4, -0.2) is 31.0 Å². The topological polar surface area (TPSA) is 58.4 Å². The van der Waals surface area contributed by atoms with Crippen LogP contribution in [0.15, 0.2) is 30.3 Å². The number of benzene rings is 1. The summed E-state index contributed by atoms with van der Waals surface area (Å²) in [6.45, 7) is 1.39. The number of carbonyl (C=O) groups is 1. The van der Waals surface area contributed by atoms with E-state index in [1.807, 2.05) is 30.3 Å². The Morgan fingerprint density at radius 2 is 1.89 bits per heavy atom. The van der Waals surface area contributed by atoms with E-state index in [-0.39, 0.29) is 5.91 Å². The molecule has 0 atom stereocenters. The zero-order valence-electron chi connectivity index (χ0n) is 10.6. The second-order valence-electron chi connectivity index (χ2n) is 3.96. The SMILES string of the molecule is CNC(=O)CCN(CCC(N)=S)c1ccccc1. The number of para-hydroxylation sites is 1. The lowest BCUT2D eigenvalue weighted by Crippen LogP contribution is -2.31. The van der Waals surface area contributed by atoms with Crippen LogP contribution >= 0.6 is 12.2 Å². The summed E-state index contributed by atoms with van der Waals surface area (Å²) in [7, 11) is 1.64. The van der Waals surface area contributed by atoms with Crippen molar-refractivity contribution >= 4 is 28.8 Å². The van der Waals surface area contributed by atoms with Crippen LogP contribution in [0.5, 0.6) is 0 Å². The fourth-order valence-electron chi connectivity index (χ4n) is 1.62. The lowest BCUT2D eigenvalue weighted by atomic mass is 10.2. The van der Waals surface area contributed by atoms with Crippen LogP contribution in [0, 0.1) is 0 Å². The molecular formula is C13H19N3OS. The van der Waals surface area contributed by atoms with Gasteiger partial charge in [0.25, 0.3) is 0 Å². The predicted octanol–water partition coefficient (Wildman–Crippen LogP) is 1.31. The molecule has 1 rings (SSSR count). The van der Waals surface area contributed by atoms with Crippen molar-refractivity contribution in [2.75, 3.05) is 25.0 Å². The quantitative estimate of drug-likeness (QED) is 0.730. The summed E-state index contributed by atoms with van der Waals surface area (Å²) in [5.41, 5.74) is 6.61. The van der Waals surface area contributed by atoms with Crippen molar-refractivity contribution in [3.05, 3.63) is 30.3 Å². The number of hydrogen-bond donors (Lipinski definition) is 2. The van der Waals surface area contributed by atoms with Gasteiger partial charge in [-0.15, -0.1) is 0 Å². The van der Waals surface area contributed by atoms with Crippen LogP contribution < -0.4 is 16.0 Å². The van der Waals surface area contributed by atoms with Crippen LogP contribution in [0.2, 0.25) is 0 Å². The molecule has 1 aromatic carbocycles. The molecule has 0 unspecified atom stereocenters. The molecule has 0 aromatic heterocycles. The summed E-state index contributed by atoms with van der Waals surface area (Å²) in [6.07, 6.45) is 1.11. The number of nitrogens with two attached hydrogens (primary N) is 1. The fourth-order valence-corrected chi connectivity index (χ4v) is 1.71. The molecule has 1 aromatic rings. The Balaban J connectivity index is 2.63. The molecule has 0 fully saturated rings. The molecule has 0 bridgehead atoms. The van der Waals surface area contributed by atoms with E-state index in [0.29, 0.717) is 24.4 Å². The molecule has 0 radical (unpaired) electrons. The van der Waals surface area contributed by atoms with Crippen molar-refractivity contribution < 1.29 is 4.79 Å². The van der Waals surface area contributed by atoms with Gasteiger partial charge in [0.2, 0.25) is 5.91 Å². The number of nitrogens with zero attached hydrogens (tertiary/aromatic N) is 1. The van der Waals surface area contributed by atoms with E-state index < -0.39 is 0 Å². The van der Waals surface area contributed by atoms with E-state index in [9.17, 15) is 4.79 Å². The van der Waals surface area contributed by atoms with Crippen molar-refractivity contribution in [1.29, 1.82) is 0 Å². The minimum absolute atomic E-state index is 0.0336. The average Bonchev–Trinajstić information content (AvgIpc) is 2.39. The van der Waals surface area contributed by atoms with Crippen molar-refractivity contribution in [2.45, 2.75) is 12.8 Å². The molecular weight excluding hydrogens is 246 g/mol. The van der Waals surface area contributed by atoms with Crippen molar-refractivity contribution in [3.63, 3.8) is 0 Å². The van der Waals surface area contributed by atoms with Gasteiger partial charge in [-0.25, -0.2) is 0 Å². The third-order valence-corrected chi connectivity index (χ3v) is 2.84. The van der Waals surface area contributed by atoms with Gasteiger partial charge < -0.3 is 16.0 Å². The smallest absolute Gasteiger partial charge is 0.221 e. The summed E-state index contributed by atoms with van der Waals surface area (Å²) in [5, 5.41) is 2.62. The second-order valence-corrected chi connectivity index (χ2v) is 4.49. The number of carbonyl (C=O) groups excluding carboxylic acids is 1. The third-order valence-electron chi connectivity index (χ3n) is 2.64. The maximum Gasteiger partial charge on any atom is 0.221 e. The van der Waals surface area contributed by atoms with Gasteiger partial charge in [-0.3, -0.25) is 4.79 Å². The van der Waals surface area contributed by atoms with Gasteiger partial charge in [0.1, 0.15) is 0 Å². The number of amides is 1. The van der Waals surface area contributed by atoms with Crippen LogP contribution in [0.4, 0.5) is 5.69 Å². The van der Waals surface area contributed by atoms with E-state index in [1.165, 1.54) is 0 Å².